The number of hydrogen-bond acceptors (Lipinski definition) is 6. The molecule has 4 aromatic rings. The van der Waals surface area contributed by atoms with Crippen molar-refractivity contribution in [2.75, 3.05) is 30.4 Å². The van der Waals surface area contributed by atoms with Crippen molar-refractivity contribution in [3.8, 4) is 11.1 Å². The summed E-state index contributed by atoms with van der Waals surface area (Å²) in [5.74, 6) is -1.29. The number of nitrogens with zero attached hydrogens (tertiary/aromatic N) is 4. The maximum absolute atomic E-state index is 15.7. The van der Waals surface area contributed by atoms with Crippen LogP contribution in [0.25, 0.3) is 21.3 Å². The van der Waals surface area contributed by atoms with E-state index in [2.05, 4.69) is 29.0 Å². The van der Waals surface area contributed by atoms with Gasteiger partial charge in [-0.25, -0.2) is 18.2 Å². The minimum Gasteiger partial charge on any atom is -0.366 e. The first-order chi connectivity index (χ1) is 18.5. The number of thiazole rings is 1. The molecule has 39 heavy (non-hydrogen) atoms. The van der Waals surface area contributed by atoms with E-state index in [1.807, 2.05) is 30.1 Å². The zero-order valence-electron chi connectivity index (χ0n) is 21.9. The molecule has 2 atom stereocenters. The smallest absolute Gasteiger partial charge is 0.264 e. The van der Waals surface area contributed by atoms with Crippen LogP contribution in [-0.4, -0.2) is 52.6 Å². The van der Waals surface area contributed by atoms with Gasteiger partial charge in [-0.3, -0.25) is 14.5 Å². The summed E-state index contributed by atoms with van der Waals surface area (Å²) in [5.41, 5.74) is 2.45. The minimum absolute atomic E-state index is 0.128. The van der Waals surface area contributed by atoms with Crippen LogP contribution in [0.15, 0.2) is 52.9 Å². The fourth-order valence-corrected chi connectivity index (χ4v) is 5.73. The number of amides is 1. The van der Waals surface area contributed by atoms with Gasteiger partial charge in [0.05, 0.1) is 32.7 Å². The number of rotatable bonds is 5. The lowest BCUT2D eigenvalue weighted by Gasteiger charge is -2.44. The number of anilines is 2. The zero-order chi connectivity index (χ0) is 28.0. The third kappa shape index (κ3) is 5.04. The molecule has 7 nitrogen and oxygen atoms in total. The lowest BCUT2D eigenvalue weighted by molar-refractivity contribution is 0.101. The van der Waals surface area contributed by atoms with Gasteiger partial charge in [0, 0.05) is 55.6 Å². The Labute approximate surface area is 227 Å². The van der Waals surface area contributed by atoms with E-state index in [1.54, 1.807) is 5.51 Å². The average molecular weight is 556 g/mol. The van der Waals surface area contributed by atoms with Gasteiger partial charge in [0.25, 0.3) is 17.9 Å². The number of pyridine rings is 1. The molecule has 2 aromatic heterocycles. The molecule has 0 radical (unpaired) electrons. The number of aryl methyl sites for hydroxylation is 1. The predicted molar refractivity (Wildman–Crippen MR) is 149 cm³/mol. The van der Waals surface area contributed by atoms with E-state index in [0.717, 1.165) is 27.0 Å². The standard InChI is InChI=1S/C28H28F3N5O2S/c1-15-11-36(12-16(2)35(15)4)26-21(33-28(38)19-13-34(3)24(37)10-18(19)27(30)31)7-6-20(29)25(26)17-5-8-23-22(9-17)32-14-39-23/h5-10,13-16,27H,11-12H2,1-4H3,(H,33,38)/t15-,16+. The van der Waals surface area contributed by atoms with Crippen molar-refractivity contribution >= 4 is 38.8 Å². The molecule has 2 aromatic carbocycles. The number of piperazine rings is 1. The fraction of sp³-hybridized carbons (Fsp3) is 0.321. The van der Waals surface area contributed by atoms with E-state index in [-0.39, 0.29) is 23.3 Å². The fourth-order valence-electron chi connectivity index (χ4n) is 5.08. The van der Waals surface area contributed by atoms with Crippen LogP contribution in [0.3, 0.4) is 0 Å². The number of nitrogens with one attached hydrogen (secondary N) is 1. The van der Waals surface area contributed by atoms with Crippen LogP contribution in [0.2, 0.25) is 0 Å². The highest BCUT2D eigenvalue weighted by Crippen LogP contribution is 2.42. The van der Waals surface area contributed by atoms with E-state index < -0.39 is 29.3 Å². The number of fused-ring (bicyclic) bond motifs is 1. The highest BCUT2D eigenvalue weighted by atomic mass is 32.1. The molecule has 1 aliphatic rings. The van der Waals surface area contributed by atoms with Crippen LogP contribution < -0.4 is 15.8 Å². The maximum atomic E-state index is 15.7. The Morgan fingerprint density at radius 2 is 1.82 bits per heavy atom. The summed E-state index contributed by atoms with van der Waals surface area (Å²) >= 11 is 1.48. The summed E-state index contributed by atoms with van der Waals surface area (Å²) in [7, 11) is 3.42. The molecule has 0 aliphatic carbocycles. The number of hydrogen-bond donors (Lipinski definition) is 1. The van der Waals surface area contributed by atoms with Crippen LogP contribution in [0.1, 0.15) is 36.2 Å². The van der Waals surface area contributed by atoms with Gasteiger partial charge in [0.1, 0.15) is 5.82 Å². The Morgan fingerprint density at radius 3 is 2.51 bits per heavy atom. The molecular formula is C28H28F3N5O2S. The van der Waals surface area contributed by atoms with Crippen molar-refractivity contribution in [1.29, 1.82) is 0 Å². The van der Waals surface area contributed by atoms with Gasteiger partial charge in [-0.05, 0) is 50.7 Å². The molecular weight excluding hydrogens is 527 g/mol. The number of benzene rings is 2. The molecule has 0 spiro atoms. The van der Waals surface area contributed by atoms with Gasteiger partial charge in [-0.15, -0.1) is 11.3 Å². The number of carbonyl (C=O) groups is 1. The quantitative estimate of drug-likeness (QED) is 0.351. The van der Waals surface area contributed by atoms with Crippen molar-refractivity contribution in [1.82, 2.24) is 14.5 Å². The molecule has 5 rings (SSSR count). The summed E-state index contributed by atoms with van der Waals surface area (Å²) in [6.07, 6.45) is -1.92. The molecule has 0 saturated carbocycles. The summed E-state index contributed by atoms with van der Waals surface area (Å²) in [4.78, 5) is 34.0. The molecule has 1 N–H and O–H groups in total. The van der Waals surface area contributed by atoms with Crippen molar-refractivity contribution in [2.45, 2.75) is 32.4 Å². The summed E-state index contributed by atoms with van der Waals surface area (Å²) in [6.45, 7) is 5.25. The Bertz CT molecular complexity index is 1610. The Balaban J connectivity index is 1.66. The third-order valence-electron chi connectivity index (χ3n) is 7.41. The number of likely N-dealkylation sites (N-methyl/N-ethyl adjacent to an activating group) is 1. The van der Waals surface area contributed by atoms with E-state index in [4.69, 9.17) is 0 Å². The van der Waals surface area contributed by atoms with Crippen molar-refractivity contribution in [2.24, 2.45) is 7.05 Å². The first kappa shape index (κ1) is 26.9. The SMILES string of the molecule is C[C@@H]1CN(c2c(NC(=O)c3cn(C)c(=O)cc3C(F)F)ccc(F)c2-c2ccc3scnc3c2)C[C@H](C)N1C. The lowest BCUT2D eigenvalue weighted by atomic mass is 9.98. The van der Waals surface area contributed by atoms with E-state index in [1.165, 1.54) is 30.5 Å². The van der Waals surface area contributed by atoms with Crippen molar-refractivity contribution < 1.29 is 18.0 Å². The van der Waals surface area contributed by atoms with Crippen LogP contribution in [0.4, 0.5) is 24.5 Å². The monoisotopic (exact) mass is 555 g/mol. The maximum Gasteiger partial charge on any atom is 0.264 e. The summed E-state index contributed by atoms with van der Waals surface area (Å²) in [5, 5.41) is 2.75. The summed E-state index contributed by atoms with van der Waals surface area (Å²) < 4.78 is 45.3. The van der Waals surface area contributed by atoms with Crippen molar-refractivity contribution in [3.05, 3.63) is 75.4 Å². The van der Waals surface area contributed by atoms with Crippen molar-refractivity contribution in [3.63, 3.8) is 0 Å². The molecule has 0 bridgehead atoms. The predicted octanol–water partition coefficient (Wildman–Crippen LogP) is 5.52. The van der Waals surface area contributed by atoms with E-state index >= 15 is 4.39 Å². The normalized spacial score (nSPS) is 18.2. The van der Waals surface area contributed by atoms with Gasteiger partial charge in [-0.1, -0.05) is 6.07 Å². The molecule has 0 unspecified atom stereocenters. The lowest BCUT2D eigenvalue weighted by Crippen LogP contribution is -2.55. The number of halogens is 3. The van der Waals surface area contributed by atoms with Crippen LogP contribution >= 0.6 is 11.3 Å². The Hall–Kier alpha value is -3.70. The zero-order valence-corrected chi connectivity index (χ0v) is 22.7. The molecule has 1 aliphatic heterocycles. The van der Waals surface area contributed by atoms with Gasteiger partial charge >= 0.3 is 0 Å². The van der Waals surface area contributed by atoms with Crippen LogP contribution in [0.5, 0.6) is 0 Å². The Kier molecular flexibility index (Phi) is 7.21. The first-order valence-corrected chi connectivity index (χ1v) is 13.4. The summed E-state index contributed by atoms with van der Waals surface area (Å²) in [6, 6.07) is 9.24. The molecule has 11 heteroatoms. The van der Waals surface area contributed by atoms with E-state index in [9.17, 15) is 18.4 Å². The largest absolute Gasteiger partial charge is 0.366 e. The number of alkyl halides is 2. The topological polar surface area (TPSA) is 70.5 Å². The van der Waals surface area contributed by atoms with Crippen LogP contribution in [0, 0.1) is 5.82 Å². The second-order valence-corrected chi connectivity index (χ2v) is 10.9. The first-order valence-electron chi connectivity index (χ1n) is 12.5. The second-order valence-electron chi connectivity index (χ2n) is 9.97. The van der Waals surface area contributed by atoms with Gasteiger partial charge in [0.15, 0.2) is 0 Å². The average Bonchev–Trinajstić information content (AvgIpc) is 3.37. The Morgan fingerprint density at radius 1 is 1.10 bits per heavy atom. The molecule has 1 fully saturated rings. The van der Waals surface area contributed by atoms with Gasteiger partial charge < -0.3 is 14.8 Å². The molecule has 3 heterocycles. The van der Waals surface area contributed by atoms with Crippen LogP contribution in [-0.2, 0) is 7.05 Å². The highest BCUT2D eigenvalue weighted by Gasteiger charge is 2.31. The highest BCUT2D eigenvalue weighted by molar-refractivity contribution is 7.16. The minimum atomic E-state index is -3.02. The van der Waals surface area contributed by atoms with Gasteiger partial charge in [-0.2, -0.15) is 0 Å². The molecule has 204 valence electrons. The molecule has 1 saturated heterocycles. The molecule has 1 amide bonds. The van der Waals surface area contributed by atoms with Gasteiger partial charge in [0.2, 0.25) is 0 Å². The third-order valence-corrected chi connectivity index (χ3v) is 8.22. The second kappa shape index (κ2) is 10.5. The van der Waals surface area contributed by atoms with E-state index in [0.29, 0.717) is 29.9 Å². The number of aromatic nitrogens is 2. The number of carbonyl (C=O) groups excluding carboxylic acids is 1.